The zero-order valence-electron chi connectivity index (χ0n) is 10.9. The Morgan fingerprint density at radius 3 is 1.95 bits per heavy atom. The molecular weight excluding hydrogens is 276 g/mol. The van der Waals surface area contributed by atoms with E-state index in [1.54, 1.807) is 0 Å². The van der Waals surface area contributed by atoms with Crippen LogP contribution in [0.1, 0.15) is 17.3 Å². The van der Waals surface area contributed by atoms with Gasteiger partial charge in [0, 0.05) is 13.0 Å². The summed E-state index contributed by atoms with van der Waals surface area (Å²) >= 11 is 5.49. The topological polar surface area (TPSA) is 71.1 Å². The Labute approximate surface area is 115 Å². The molecule has 1 aromatic carbocycles. The zero-order valence-corrected chi connectivity index (χ0v) is 11.7. The van der Waals surface area contributed by atoms with E-state index in [-0.39, 0.29) is 28.6 Å². The van der Waals surface area contributed by atoms with E-state index in [1.807, 2.05) is 0 Å². The highest BCUT2D eigenvalue weighted by Crippen LogP contribution is 2.45. The Morgan fingerprint density at radius 1 is 1.00 bits per heavy atom. The lowest BCUT2D eigenvalue weighted by atomic mass is 10.1. The molecule has 0 atom stereocenters. The molecule has 0 aliphatic rings. The van der Waals surface area contributed by atoms with Crippen molar-refractivity contribution in [1.29, 1.82) is 0 Å². The Balaban J connectivity index is 3.65. The predicted molar refractivity (Wildman–Crippen MR) is 67.6 cm³/mol. The number of hydrogen-bond acceptors (Lipinski definition) is 6. The van der Waals surface area contributed by atoms with Crippen LogP contribution in [-0.2, 0) is 4.79 Å². The molecule has 0 bridgehead atoms. The van der Waals surface area contributed by atoms with Gasteiger partial charge in [-0.1, -0.05) is 0 Å². The number of carbonyl (C=O) groups excluding carboxylic acids is 2. The van der Waals surface area contributed by atoms with Gasteiger partial charge < -0.3 is 18.9 Å². The number of ether oxygens (including phenoxy) is 4. The van der Waals surface area contributed by atoms with E-state index in [1.165, 1.54) is 34.3 Å². The zero-order chi connectivity index (χ0) is 14.6. The van der Waals surface area contributed by atoms with Gasteiger partial charge in [0.1, 0.15) is 11.3 Å². The second-order valence-electron chi connectivity index (χ2n) is 3.39. The molecule has 0 amide bonds. The first-order valence-corrected chi connectivity index (χ1v) is 5.55. The van der Waals surface area contributed by atoms with Gasteiger partial charge in [0.25, 0.3) is 5.24 Å². The number of esters is 1. The smallest absolute Gasteiger partial charge is 0.308 e. The third kappa shape index (κ3) is 3.08. The van der Waals surface area contributed by atoms with E-state index >= 15 is 0 Å². The van der Waals surface area contributed by atoms with Gasteiger partial charge in [-0.3, -0.25) is 9.59 Å². The van der Waals surface area contributed by atoms with E-state index in [0.717, 1.165) is 0 Å². The third-order valence-electron chi connectivity index (χ3n) is 2.25. The number of methoxy groups -OCH3 is 3. The van der Waals surface area contributed by atoms with Crippen LogP contribution in [0.5, 0.6) is 23.0 Å². The van der Waals surface area contributed by atoms with Crippen LogP contribution >= 0.6 is 11.6 Å². The van der Waals surface area contributed by atoms with Crippen LogP contribution in [0.15, 0.2) is 6.07 Å². The minimum absolute atomic E-state index is 0.0856. The first-order chi connectivity index (χ1) is 8.96. The van der Waals surface area contributed by atoms with Crippen molar-refractivity contribution in [1.82, 2.24) is 0 Å². The molecule has 7 heteroatoms. The van der Waals surface area contributed by atoms with Gasteiger partial charge in [0.15, 0.2) is 11.5 Å². The molecule has 0 saturated heterocycles. The summed E-state index contributed by atoms with van der Waals surface area (Å²) in [6.07, 6.45) is 0. The fourth-order valence-corrected chi connectivity index (χ4v) is 1.71. The van der Waals surface area contributed by atoms with Crippen molar-refractivity contribution in [2.75, 3.05) is 21.3 Å². The van der Waals surface area contributed by atoms with Crippen molar-refractivity contribution in [3.63, 3.8) is 0 Å². The summed E-state index contributed by atoms with van der Waals surface area (Å²) in [6, 6.07) is 1.42. The normalized spacial score (nSPS) is 9.74. The maximum atomic E-state index is 11.5. The minimum atomic E-state index is -0.839. The van der Waals surface area contributed by atoms with E-state index in [4.69, 9.17) is 30.5 Å². The quantitative estimate of drug-likeness (QED) is 0.469. The first kappa shape index (κ1) is 15.1. The van der Waals surface area contributed by atoms with E-state index in [9.17, 15) is 9.59 Å². The highest BCUT2D eigenvalue weighted by molar-refractivity contribution is 6.68. The fraction of sp³-hybridized carbons (Fsp3) is 0.333. The van der Waals surface area contributed by atoms with Crippen molar-refractivity contribution >= 4 is 22.8 Å². The monoisotopic (exact) mass is 288 g/mol. The highest BCUT2D eigenvalue weighted by atomic mass is 35.5. The lowest BCUT2D eigenvalue weighted by Crippen LogP contribution is -2.09. The maximum Gasteiger partial charge on any atom is 0.308 e. The fourth-order valence-electron chi connectivity index (χ4n) is 1.53. The first-order valence-electron chi connectivity index (χ1n) is 5.17. The summed E-state index contributed by atoms with van der Waals surface area (Å²) in [4.78, 5) is 22.6. The Kier molecular flexibility index (Phi) is 5.00. The van der Waals surface area contributed by atoms with Crippen molar-refractivity contribution < 1.29 is 28.5 Å². The Hall–Kier alpha value is -1.95. The van der Waals surface area contributed by atoms with Crippen LogP contribution in [0.25, 0.3) is 0 Å². The highest BCUT2D eigenvalue weighted by Gasteiger charge is 2.26. The average molecular weight is 289 g/mol. The molecule has 104 valence electrons. The van der Waals surface area contributed by atoms with Gasteiger partial charge in [-0.25, -0.2) is 0 Å². The number of benzene rings is 1. The van der Waals surface area contributed by atoms with Crippen LogP contribution in [0.3, 0.4) is 0 Å². The number of halogens is 1. The molecule has 0 heterocycles. The predicted octanol–water partition coefficient (Wildman–Crippen LogP) is 2.02. The summed E-state index contributed by atoms with van der Waals surface area (Å²) in [5, 5.41) is -0.839. The molecule has 0 fully saturated rings. The molecular formula is C12H13ClO6. The molecule has 0 spiro atoms. The maximum absolute atomic E-state index is 11.5. The summed E-state index contributed by atoms with van der Waals surface area (Å²) in [5.41, 5.74) is -0.1000. The lowest BCUT2D eigenvalue weighted by molar-refractivity contribution is -0.132. The molecule has 0 saturated carbocycles. The van der Waals surface area contributed by atoms with Gasteiger partial charge >= 0.3 is 5.97 Å². The van der Waals surface area contributed by atoms with Crippen molar-refractivity contribution in [3.8, 4) is 23.0 Å². The number of hydrogen-bond donors (Lipinski definition) is 0. The molecule has 19 heavy (non-hydrogen) atoms. The molecule has 6 nitrogen and oxygen atoms in total. The second kappa shape index (κ2) is 6.29. The molecule has 0 unspecified atom stereocenters. The number of carbonyl (C=O) groups is 2. The summed E-state index contributed by atoms with van der Waals surface area (Å²) in [5.74, 6) is -0.312. The SMILES string of the molecule is COc1cc(OC)c(C(=O)Cl)c(OC(C)=O)c1OC. The number of rotatable bonds is 5. The van der Waals surface area contributed by atoms with Gasteiger partial charge in [-0.2, -0.15) is 0 Å². The second-order valence-corrected chi connectivity index (χ2v) is 3.73. The Morgan fingerprint density at radius 2 is 1.58 bits per heavy atom. The van der Waals surface area contributed by atoms with E-state index in [0.29, 0.717) is 0 Å². The van der Waals surface area contributed by atoms with Gasteiger partial charge in [-0.05, 0) is 11.6 Å². The van der Waals surface area contributed by atoms with Crippen LogP contribution < -0.4 is 18.9 Å². The molecule has 0 aromatic heterocycles. The van der Waals surface area contributed by atoms with Crippen molar-refractivity contribution in [3.05, 3.63) is 11.6 Å². The van der Waals surface area contributed by atoms with Gasteiger partial charge in [-0.15, -0.1) is 0 Å². The summed E-state index contributed by atoms with van der Waals surface area (Å²) in [7, 11) is 4.10. The van der Waals surface area contributed by atoms with Crippen LogP contribution in [-0.4, -0.2) is 32.5 Å². The molecule has 0 aliphatic heterocycles. The minimum Gasteiger partial charge on any atom is -0.496 e. The van der Waals surface area contributed by atoms with Crippen LogP contribution in [0, 0.1) is 0 Å². The largest absolute Gasteiger partial charge is 0.496 e. The summed E-state index contributed by atoms with van der Waals surface area (Å²) in [6.45, 7) is 1.19. The Bertz CT molecular complexity index is 511. The summed E-state index contributed by atoms with van der Waals surface area (Å²) < 4.78 is 20.2. The standard InChI is InChI=1S/C12H13ClO6/c1-6(14)19-11-9(12(13)15)7(16-2)5-8(17-3)10(11)18-4/h5H,1-4H3. The molecule has 0 N–H and O–H groups in total. The average Bonchev–Trinajstić information content (AvgIpc) is 2.35. The van der Waals surface area contributed by atoms with Crippen LogP contribution in [0.4, 0.5) is 0 Å². The molecule has 0 radical (unpaired) electrons. The molecule has 0 aliphatic carbocycles. The van der Waals surface area contributed by atoms with Crippen molar-refractivity contribution in [2.45, 2.75) is 6.92 Å². The molecule has 1 rings (SSSR count). The molecule has 1 aromatic rings. The third-order valence-corrected chi connectivity index (χ3v) is 2.44. The van der Waals surface area contributed by atoms with E-state index < -0.39 is 11.2 Å². The van der Waals surface area contributed by atoms with Crippen LogP contribution in [0.2, 0.25) is 0 Å². The van der Waals surface area contributed by atoms with Gasteiger partial charge in [0.2, 0.25) is 5.75 Å². The van der Waals surface area contributed by atoms with E-state index in [2.05, 4.69) is 0 Å². The van der Waals surface area contributed by atoms with Gasteiger partial charge in [0.05, 0.1) is 21.3 Å². The lowest BCUT2D eigenvalue weighted by Gasteiger charge is -2.17. The van der Waals surface area contributed by atoms with Crippen molar-refractivity contribution in [2.24, 2.45) is 0 Å².